The summed E-state index contributed by atoms with van der Waals surface area (Å²) in [5.74, 6) is -0.431. The molecule has 1 amide bonds. The molecular formula is C17H24N2O6S. The molecule has 2 rings (SSSR count). The maximum absolute atomic E-state index is 12.4. The van der Waals surface area contributed by atoms with Gasteiger partial charge in [0, 0.05) is 25.2 Å². The Balaban J connectivity index is 1.80. The lowest BCUT2D eigenvalue weighted by Gasteiger charge is -2.29. The van der Waals surface area contributed by atoms with Gasteiger partial charge < -0.3 is 14.8 Å². The summed E-state index contributed by atoms with van der Waals surface area (Å²) in [6.07, 6.45) is 0.897. The number of benzene rings is 1. The first-order valence-corrected chi connectivity index (χ1v) is 9.96. The molecule has 26 heavy (non-hydrogen) atoms. The molecule has 144 valence electrons. The number of carbonyl (C=O) groups excluding carboxylic acids is 2. The quantitative estimate of drug-likeness (QED) is 0.692. The first kappa shape index (κ1) is 20.2. The average Bonchev–Trinajstić information content (AvgIpc) is 2.67. The standard InChI is InChI=1S/C17H24N2O6S/c1-24-15-5-3-13(4-6-15)16(20)18-9-12-26(22,23)19-10-7-14(8-11-19)17(21)25-2/h3-6,14H,7-12H2,1-2H3,(H,18,20). The Morgan fingerprint density at radius 3 is 2.31 bits per heavy atom. The molecule has 0 aromatic heterocycles. The van der Waals surface area contributed by atoms with Gasteiger partial charge in [0.1, 0.15) is 5.75 Å². The summed E-state index contributed by atoms with van der Waals surface area (Å²) < 4.78 is 35.8. The average molecular weight is 384 g/mol. The highest BCUT2D eigenvalue weighted by atomic mass is 32.2. The van der Waals surface area contributed by atoms with Crippen LogP contribution in [0.1, 0.15) is 23.2 Å². The fourth-order valence-electron chi connectivity index (χ4n) is 2.80. The number of amides is 1. The van der Waals surface area contributed by atoms with Gasteiger partial charge in [0.25, 0.3) is 5.91 Å². The molecule has 0 aliphatic carbocycles. The molecule has 1 saturated heterocycles. The largest absolute Gasteiger partial charge is 0.497 e. The van der Waals surface area contributed by atoms with Gasteiger partial charge in [-0.25, -0.2) is 12.7 Å². The number of nitrogens with one attached hydrogen (secondary N) is 1. The van der Waals surface area contributed by atoms with Crippen molar-refractivity contribution in [1.29, 1.82) is 0 Å². The summed E-state index contributed by atoms with van der Waals surface area (Å²) in [7, 11) is -0.615. The molecule has 0 spiro atoms. The maximum atomic E-state index is 12.4. The number of ether oxygens (including phenoxy) is 2. The first-order valence-electron chi connectivity index (χ1n) is 8.35. The number of rotatable bonds is 7. The highest BCUT2D eigenvalue weighted by molar-refractivity contribution is 7.89. The van der Waals surface area contributed by atoms with E-state index in [1.165, 1.54) is 18.5 Å². The first-order chi connectivity index (χ1) is 12.4. The van der Waals surface area contributed by atoms with Gasteiger partial charge >= 0.3 is 5.97 Å². The molecule has 0 radical (unpaired) electrons. The minimum Gasteiger partial charge on any atom is -0.497 e. The molecule has 0 saturated carbocycles. The minimum absolute atomic E-state index is 0.0180. The molecule has 8 nitrogen and oxygen atoms in total. The van der Waals surface area contributed by atoms with E-state index >= 15 is 0 Å². The van der Waals surface area contributed by atoms with Crippen molar-refractivity contribution in [3.05, 3.63) is 29.8 Å². The lowest BCUT2D eigenvalue weighted by atomic mass is 9.99. The van der Waals surface area contributed by atoms with Gasteiger partial charge in [0.2, 0.25) is 10.0 Å². The van der Waals surface area contributed by atoms with Crippen LogP contribution in [0.2, 0.25) is 0 Å². The van der Waals surface area contributed by atoms with Crippen LogP contribution in [-0.4, -0.2) is 64.2 Å². The molecule has 1 aliphatic heterocycles. The van der Waals surface area contributed by atoms with Gasteiger partial charge in [-0.3, -0.25) is 9.59 Å². The van der Waals surface area contributed by atoms with E-state index < -0.39 is 10.0 Å². The summed E-state index contributed by atoms with van der Waals surface area (Å²) in [6.45, 7) is 0.590. The van der Waals surface area contributed by atoms with Crippen LogP contribution in [0.25, 0.3) is 0 Å². The van der Waals surface area contributed by atoms with E-state index in [0.29, 0.717) is 24.2 Å². The van der Waals surface area contributed by atoms with Crippen molar-refractivity contribution < 1.29 is 27.5 Å². The van der Waals surface area contributed by atoms with Crippen molar-refractivity contribution in [3.8, 4) is 5.75 Å². The summed E-state index contributed by atoms with van der Waals surface area (Å²) in [6, 6.07) is 6.55. The Morgan fingerprint density at radius 1 is 1.15 bits per heavy atom. The van der Waals surface area contributed by atoms with Crippen molar-refractivity contribution in [2.24, 2.45) is 5.92 Å². The van der Waals surface area contributed by atoms with Gasteiger partial charge in [0.05, 0.1) is 25.9 Å². The molecule has 1 fully saturated rings. The molecule has 1 heterocycles. The number of nitrogens with zero attached hydrogens (tertiary/aromatic N) is 1. The van der Waals surface area contributed by atoms with E-state index in [4.69, 9.17) is 9.47 Å². The highest BCUT2D eigenvalue weighted by Gasteiger charge is 2.31. The third-order valence-corrected chi connectivity index (χ3v) is 6.25. The van der Waals surface area contributed by atoms with Crippen LogP contribution in [0.3, 0.4) is 0 Å². The van der Waals surface area contributed by atoms with Crippen molar-refractivity contribution in [2.75, 3.05) is 39.6 Å². The van der Waals surface area contributed by atoms with E-state index in [-0.39, 0.29) is 43.2 Å². The van der Waals surface area contributed by atoms with E-state index in [1.54, 1.807) is 24.3 Å². The monoisotopic (exact) mass is 384 g/mol. The Kier molecular flexibility index (Phi) is 6.98. The van der Waals surface area contributed by atoms with Crippen LogP contribution in [0, 0.1) is 5.92 Å². The van der Waals surface area contributed by atoms with Crippen LogP contribution < -0.4 is 10.1 Å². The Bertz CT molecular complexity index is 724. The Hall–Kier alpha value is -2.13. The maximum Gasteiger partial charge on any atom is 0.308 e. The Morgan fingerprint density at radius 2 is 1.77 bits per heavy atom. The molecule has 1 aromatic carbocycles. The van der Waals surface area contributed by atoms with Gasteiger partial charge in [-0.15, -0.1) is 0 Å². The van der Waals surface area contributed by atoms with Crippen molar-refractivity contribution in [3.63, 3.8) is 0 Å². The number of hydrogen-bond acceptors (Lipinski definition) is 6. The molecule has 1 aliphatic rings. The van der Waals surface area contributed by atoms with Crippen LogP contribution in [0.4, 0.5) is 0 Å². The number of esters is 1. The zero-order valence-corrected chi connectivity index (χ0v) is 15.8. The minimum atomic E-state index is -3.48. The predicted molar refractivity (Wildman–Crippen MR) is 95.4 cm³/mol. The second-order valence-corrected chi connectivity index (χ2v) is 8.09. The molecular weight excluding hydrogens is 360 g/mol. The third kappa shape index (κ3) is 5.18. The van der Waals surface area contributed by atoms with E-state index in [9.17, 15) is 18.0 Å². The second kappa shape index (κ2) is 9.00. The lowest BCUT2D eigenvalue weighted by Crippen LogP contribution is -2.43. The second-order valence-electron chi connectivity index (χ2n) is 6.00. The summed E-state index contributed by atoms with van der Waals surface area (Å²) in [4.78, 5) is 23.5. The smallest absolute Gasteiger partial charge is 0.308 e. The van der Waals surface area contributed by atoms with Gasteiger partial charge in [-0.1, -0.05) is 0 Å². The van der Waals surface area contributed by atoms with Crippen LogP contribution >= 0.6 is 0 Å². The van der Waals surface area contributed by atoms with Crippen molar-refractivity contribution >= 4 is 21.9 Å². The number of carbonyl (C=O) groups is 2. The topological polar surface area (TPSA) is 102 Å². The summed E-state index contributed by atoms with van der Waals surface area (Å²) >= 11 is 0. The van der Waals surface area contributed by atoms with E-state index in [0.717, 1.165) is 0 Å². The van der Waals surface area contributed by atoms with Gasteiger partial charge in [-0.05, 0) is 37.1 Å². The van der Waals surface area contributed by atoms with Crippen LogP contribution in [-0.2, 0) is 19.6 Å². The number of piperidine rings is 1. The van der Waals surface area contributed by atoms with Crippen LogP contribution in [0.15, 0.2) is 24.3 Å². The Labute approximate surface area is 153 Å². The zero-order valence-electron chi connectivity index (χ0n) is 14.9. The molecule has 0 atom stereocenters. The third-order valence-electron chi connectivity index (χ3n) is 4.38. The lowest BCUT2D eigenvalue weighted by molar-refractivity contribution is -0.146. The number of sulfonamides is 1. The van der Waals surface area contributed by atoms with Crippen molar-refractivity contribution in [1.82, 2.24) is 9.62 Å². The SMILES string of the molecule is COC(=O)C1CCN(S(=O)(=O)CCNC(=O)c2ccc(OC)cc2)CC1. The molecule has 0 unspecified atom stereocenters. The highest BCUT2D eigenvalue weighted by Crippen LogP contribution is 2.20. The molecule has 9 heteroatoms. The van der Waals surface area contributed by atoms with Crippen LogP contribution in [0.5, 0.6) is 5.75 Å². The van der Waals surface area contributed by atoms with E-state index in [1.807, 2.05) is 0 Å². The molecule has 1 aromatic rings. The molecule has 1 N–H and O–H groups in total. The summed E-state index contributed by atoms with van der Waals surface area (Å²) in [5, 5.41) is 2.61. The fraction of sp³-hybridized carbons (Fsp3) is 0.529. The fourth-order valence-corrected chi connectivity index (χ4v) is 4.19. The van der Waals surface area contributed by atoms with Gasteiger partial charge in [-0.2, -0.15) is 0 Å². The normalized spacial score (nSPS) is 16.1. The molecule has 0 bridgehead atoms. The van der Waals surface area contributed by atoms with Gasteiger partial charge in [0.15, 0.2) is 0 Å². The van der Waals surface area contributed by atoms with Crippen molar-refractivity contribution in [2.45, 2.75) is 12.8 Å². The number of hydrogen-bond donors (Lipinski definition) is 1. The zero-order chi connectivity index (χ0) is 19.2. The number of methoxy groups -OCH3 is 2. The predicted octanol–water partition coefficient (Wildman–Crippen LogP) is 0.640. The summed E-state index contributed by atoms with van der Waals surface area (Å²) in [5.41, 5.74) is 0.432. The van der Waals surface area contributed by atoms with E-state index in [2.05, 4.69) is 5.32 Å².